The lowest BCUT2D eigenvalue weighted by Crippen LogP contribution is -2.24. The van der Waals surface area contributed by atoms with Crippen LogP contribution in [-0.4, -0.2) is 50.8 Å². The van der Waals surface area contributed by atoms with Gasteiger partial charge in [0.25, 0.3) is 10.0 Å². The highest BCUT2D eigenvalue weighted by molar-refractivity contribution is 7.92. The zero-order valence-electron chi connectivity index (χ0n) is 15.9. The average Bonchev–Trinajstić information content (AvgIpc) is 3.08. The number of fused-ring (bicyclic) bond motifs is 1. The first kappa shape index (κ1) is 24.9. The molecule has 2 rings (SSSR count). The Hall–Kier alpha value is -1.38. The van der Waals surface area contributed by atoms with E-state index in [1.54, 1.807) is 4.72 Å². The van der Waals surface area contributed by atoms with Crippen molar-refractivity contribution >= 4 is 39.0 Å². The second kappa shape index (κ2) is 9.83. The average molecular weight is 489 g/mol. The first-order valence-electron chi connectivity index (χ1n) is 8.64. The molecule has 170 valence electrons. The van der Waals surface area contributed by atoms with E-state index in [0.29, 0.717) is 11.3 Å². The fourth-order valence-electron chi connectivity index (χ4n) is 2.60. The Labute approximate surface area is 175 Å². The smallest absolute Gasteiger partial charge is 0.340 e. The summed E-state index contributed by atoms with van der Waals surface area (Å²) in [7, 11) is -9.17. The standard InChI is InChI=1S/C15H22F2N3O7PS2/c1-2-8-9-10(16)12(26-5-3-18)13(27-6-4-19)11(17)14(9)29-15(8)30(24,25)20-7-28(21,22)23/h20H,2-7,18-19H2,1H3,(H2,21,22,23). The molecule has 0 spiro atoms. The molecule has 1 aromatic heterocycles. The minimum absolute atomic E-state index is 0.00558. The number of hydrogen-bond acceptors (Lipinski definition) is 8. The molecule has 0 atom stereocenters. The van der Waals surface area contributed by atoms with E-state index >= 15 is 8.78 Å². The van der Waals surface area contributed by atoms with E-state index in [1.165, 1.54) is 6.92 Å². The molecule has 0 amide bonds. The molecule has 0 saturated heterocycles. The zero-order chi connectivity index (χ0) is 22.7. The maximum absolute atomic E-state index is 15.3. The van der Waals surface area contributed by atoms with Gasteiger partial charge in [-0.05, 0) is 12.0 Å². The van der Waals surface area contributed by atoms with Gasteiger partial charge in [0.15, 0.2) is 11.6 Å². The van der Waals surface area contributed by atoms with Gasteiger partial charge in [0.1, 0.15) is 23.7 Å². The molecule has 7 N–H and O–H groups in total. The van der Waals surface area contributed by atoms with Crippen LogP contribution in [0.25, 0.3) is 10.1 Å². The van der Waals surface area contributed by atoms with E-state index in [4.69, 9.17) is 30.7 Å². The normalized spacial score (nSPS) is 12.5. The quantitative estimate of drug-likeness (QED) is 0.286. The van der Waals surface area contributed by atoms with Gasteiger partial charge in [-0.2, -0.15) is 4.72 Å². The third-order valence-corrected chi connectivity index (χ3v) is 7.75. The highest BCUT2D eigenvalue weighted by Gasteiger charge is 2.32. The molecule has 0 fully saturated rings. The summed E-state index contributed by atoms with van der Waals surface area (Å²) in [4.78, 5) is 17.9. The Kier molecular flexibility index (Phi) is 8.15. The molecule has 2 aromatic rings. The molecule has 0 aliphatic rings. The maximum Gasteiger partial charge on any atom is 0.340 e. The Morgan fingerprint density at radius 3 is 2.10 bits per heavy atom. The molecule has 1 heterocycles. The summed E-state index contributed by atoms with van der Waals surface area (Å²) < 4.78 is 78.1. The number of aryl methyl sites for hydroxylation is 1. The van der Waals surface area contributed by atoms with Gasteiger partial charge in [-0.15, -0.1) is 11.3 Å². The predicted molar refractivity (Wildman–Crippen MR) is 107 cm³/mol. The fraction of sp³-hybridized carbons (Fsp3) is 0.467. The second-order valence-electron chi connectivity index (χ2n) is 5.96. The lowest BCUT2D eigenvalue weighted by Gasteiger charge is -2.15. The van der Waals surface area contributed by atoms with Crippen molar-refractivity contribution in [3.63, 3.8) is 0 Å². The Morgan fingerprint density at radius 2 is 1.63 bits per heavy atom. The highest BCUT2D eigenvalue weighted by Crippen LogP contribution is 2.46. The molecule has 1 aromatic carbocycles. The molecular weight excluding hydrogens is 467 g/mol. The van der Waals surface area contributed by atoms with Crippen molar-refractivity contribution in [2.75, 3.05) is 32.6 Å². The SMILES string of the molecule is CCc1c(S(=O)(=O)NCP(=O)(O)O)sc2c(F)c(OCCN)c(OCCN)c(F)c12. The Bertz CT molecular complexity index is 1070. The molecule has 30 heavy (non-hydrogen) atoms. The van der Waals surface area contributed by atoms with Gasteiger partial charge in [-0.25, -0.2) is 17.2 Å². The molecule has 0 aliphatic heterocycles. The summed E-state index contributed by atoms with van der Waals surface area (Å²) in [5, 5.41) is -0.316. The van der Waals surface area contributed by atoms with Gasteiger partial charge >= 0.3 is 7.60 Å². The summed E-state index contributed by atoms with van der Waals surface area (Å²) in [5.74, 6) is -3.19. The van der Waals surface area contributed by atoms with Gasteiger partial charge < -0.3 is 30.7 Å². The number of nitrogens with two attached hydrogens (primary N) is 2. The first-order valence-corrected chi connectivity index (χ1v) is 12.7. The van der Waals surface area contributed by atoms with Crippen LogP contribution in [0.4, 0.5) is 8.78 Å². The van der Waals surface area contributed by atoms with Crippen LogP contribution in [0.1, 0.15) is 12.5 Å². The van der Waals surface area contributed by atoms with Crippen molar-refractivity contribution in [1.82, 2.24) is 4.72 Å². The van der Waals surface area contributed by atoms with Crippen LogP contribution in [0.5, 0.6) is 11.5 Å². The summed E-state index contributed by atoms with van der Waals surface area (Å²) in [6.07, 6.45) is -1.17. The number of rotatable bonds is 11. The lowest BCUT2D eigenvalue weighted by atomic mass is 10.1. The molecule has 0 aliphatic carbocycles. The summed E-state index contributed by atoms with van der Waals surface area (Å²) in [6, 6.07) is 0. The summed E-state index contributed by atoms with van der Waals surface area (Å²) in [5.41, 5.74) is 10.7. The molecule has 0 saturated carbocycles. The van der Waals surface area contributed by atoms with Gasteiger partial charge in [0.05, 0.1) is 4.70 Å². The number of benzene rings is 1. The predicted octanol–water partition coefficient (Wildman–Crippen LogP) is 0.830. The molecule has 0 radical (unpaired) electrons. The first-order chi connectivity index (χ1) is 14.0. The minimum atomic E-state index is -4.70. The van der Waals surface area contributed by atoms with Crippen molar-refractivity contribution in [1.29, 1.82) is 0 Å². The Morgan fingerprint density at radius 1 is 1.10 bits per heavy atom. The van der Waals surface area contributed by atoms with E-state index in [2.05, 4.69) is 0 Å². The number of hydrogen-bond donors (Lipinski definition) is 5. The number of halogens is 2. The van der Waals surface area contributed by atoms with E-state index < -0.39 is 51.2 Å². The van der Waals surface area contributed by atoms with Crippen LogP contribution in [0.3, 0.4) is 0 Å². The molecule has 15 heteroatoms. The van der Waals surface area contributed by atoms with Crippen molar-refractivity contribution in [2.45, 2.75) is 17.6 Å². The van der Waals surface area contributed by atoms with Gasteiger partial charge in [0, 0.05) is 18.5 Å². The van der Waals surface area contributed by atoms with Crippen LogP contribution in [-0.2, 0) is 21.0 Å². The second-order valence-corrected chi connectivity index (χ2v) is 10.6. The third-order valence-electron chi connectivity index (χ3n) is 3.78. The Balaban J connectivity index is 2.76. The van der Waals surface area contributed by atoms with Crippen molar-refractivity contribution in [2.24, 2.45) is 11.5 Å². The maximum atomic E-state index is 15.3. The van der Waals surface area contributed by atoms with E-state index in [-0.39, 0.29) is 48.4 Å². The molecular formula is C15H22F2N3O7PS2. The summed E-state index contributed by atoms with van der Waals surface area (Å²) >= 11 is 0.417. The number of nitrogens with one attached hydrogen (secondary N) is 1. The van der Waals surface area contributed by atoms with Crippen LogP contribution in [0, 0.1) is 11.6 Å². The van der Waals surface area contributed by atoms with Gasteiger partial charge in [-0.3, -0.25) is 4.57 Å². The van der Waals surface area contributed by atoms with Crippen LogP contribution in [0.15, 0.2) is 4.21 Å². The topological polar surface area (TPSA) is 174 Å². The van der Waals surface area contributed by atoms with Crippen LogP contribution < -0.4 is 25.7 Å². The molecule has 0 bridgehead atoms. The fourth-order valence-corrected chi connectivity index (χ4v) is 6.57. The van der Waals surface area contributed by atoms with Crippen LogP contribution >= 0.6 is 18.9 Å². The van der Waals surface area contributed by atoms with Crippen molar-refractivity contribution in [3.8, 4) is 11.5 Å². The molecule has 0 unspecified atom stereocenters. The van der Waals surface area contributed by atoms with Crippen molar-refractivity contribution < 1.29 is 41.0 Å². The molecule has 10 nitrogen and oxygen atoms in total. The van der Waals surface area contributed by atoms with E-state index in [0.717, 1.165) is 0 Å². The van der Waals surface area contributed by atoms with Crippen LogP contribution in [0.2, 0.25) is 0 Å². The third kappa shape index (κ3) is 5.26. The number of ether oxygens (including phenoxy) is 2. The zero-order valence-corrected chi connectivity index (χ0v) is 18.4. The largest absolute Gasteiger partial charge is 0.486 e. The monoisotopic (exact) mass is 489 g/mol. The lowest BCUT2D eigenvalue weighted by molar-refractivity contribution is 0.258. The van der Waals surface area contributed by atoms with Gasteiger partial charge in [0.2, 0.25) is 11.5 Å². The van der Waals surface area contributed by atoms with E-state index in [9.17, 15) is 13.0 Å². The van der Waals surface area contributed by atoms with Crippen molar-refractivity contribution in [3.05, 3.63) is 17.2 Å². The minimum Gasteiger partial charge on any atom is -0.486 e. The number of thiophene rings is 1. The number of sulfonamides is 1. The highest BCUT2D eigenvalue weighted by atomic mass is 32.2. The summed E-state index contributed by atoms with van der Waals surface area (Å²) in [6.45, 7) is 1.24. The van der Waals surface area contributed by atoms with Gasteiger partial charge in [-0.1, -0.05) is 6.92 Å². The van der Waals surface area contributed by atoms with E-state index in [1.807, 2.05) is 0 Å².